The number of rotatable bonds is 3. The summed E-state index contributed by atoms with van der Waals surface area (Å²) in [5.41, 5.74) is 6.84. The molecule has 0 aliphatic carbocycles. The van der Waals surface area contributed by atoms with Crippen LogP contribution >= 0.6 is 12.2 Å². The quantitative estimate of drug-likeness (QED) is 0.813. The number of nitrogens with zero attached hydrogens (tertiary/aromatic N) is 2. The molecule has 0 radical (unpaired) electrons. The van der Waals surface area contributed by atoms with E-state index < -0.39 is 0 Å². The van der Waals surface area contributed by atoms with Crippen LogP contribution in [0.5, 0.6) is 0 Å². The van der Waals surface area contributed by atoms with Crippen LogP contribution in [0.1, 0.15) is 5.56 Å². The summed E-state index contributed by atoms with van der Waals surface area (Å²) < 4.78 is 12.7. The second-order valence-corrected chi connectivity index (χ2v) is 3.73. The number of benzene rings is 1. The standard InChI is InChI=1S/C11H9FN4S/c12-7-1-3-8(4-2-7)15-11-9(10(13)17)5-6-14-16-11/h1-6H,(H2,13,17)(H,15,16). The van der Waals surface area contributed by atoms with Gasteiger partial charge in [0.25, 0.3) is 0 Å². The van der Waals surface area contributed by atoms with E-state index in [1.807, 2.05) is 0 Å². The van der Waals surface area contributed by atoms with Crippen LogP contribution in [0, 0.1) is 5.82 Å². The van der Waals surface area contributed by atoms with Crippen LogP contribution in [0.2, 0.25) is 0 Å². The first-order chi connectivity index (χ1) is 8.16. The molecule has 0 spiro atoms. The highest BCUT2D eigenvalue weighted by molar-refractivity contribution is 7.80. The minimum Gasteiger partial charge on any atom is -0.389 e. The lowest BCUT2D eigenvalue weighted by Gasteiger charge is -2.08. The highest BCUT2D eigenvalue weighted by atomic mass is 32.1. The predicted molar refractivity (Wildman–Crippen MR) is 67.6 cm³/mol. The van der Waals surface area contributed by atoms with Gasteiger partial charge in [0, 0.05) is 5.69 Å². The Kier molecular flexibility index (Phi) is 3.24. The lowest BCUT2D eigenvalue weighted by Crippen LogP contribution is -2.13. The fourth-order valence-electron chi connectivity index (χ4n) is 1.29. The number of aromatic nitrogens is 2. The molecule has 0 unspecified atom stereocenters. The molecule has 0 fully saturated rings. The summed E-state index contributed by atoms with van der Waals surface area (Å²) in [7, 11) is 0. The summed E-state index contributed by atoms with van der Waals surface area (Å²) in [6, 6.07) is 7.54. The monoisotopic (exact) mass is 248 g/mol. The molecule has 0 aliphatic heterocycles. The van der Waals surface area contributed by atoms with Gasteiger partial charge >= 0.3 is 0 Å². The number of thiocarbonyl (C=S) groups is 1. The Morgan fingerprint density at radius 3 is 2.59 bits per heavy atom. The summed E-state index contributed by atoms with van der Waals surface area (Å²) in [5, 5.41) is 10.6. The Balaban J connectivity index is 2.30. The molecule has 1 aromatic carbocycles. The van der Waals surface area contributed by atoms with Crippen molar-refractivity contribution in [1.82, 2.24) is 10.2 Å². The van der Waals surface area contributed by atoms with Crippen molar-refractivity contribution >= 4 is 28.7 Å². The normalized spacial score (nSPS) is 9.94. The van der Waals surface area contributed by atoms with Crippen molar-refractivity contribution < 1.29 is 4.39 Å². The Hall–Kier alpha value is -2.08. The Morgan fingerprint density at radius 2 is 1.94 bits per heavy atom. The average molecular weight is 248 g/mol. The zero-order valence-electron chi connectivity index (χ0n) is 8.72. The van der Waals surface area contributed by atoms with Crippen molar-refractivity contribution in [2.24, 2.45) is 5.73 Å². The van der Waals surface area contributed by atoms with E-state index in [1.165, 1.54) is 18.3 Å². The number of halogens is 1. The number of hydrogen-bond donors (Lipinski definition) is 2. The van der Waals surface area contributed by atoms with Gasteiger partial charge in [-0.05, 0) is 30.3 Å². The molecule has 17 heavy (non-hydrogen) atoms. The minimum absolute atomic E-state index is 0.226. The molecular weight excluding hydrogens is 239 g/mol. The molecule has 4 nitrogen and oxygen atoms in total. The van der Waals surface area contributed by atoms with E-state index in [1.54, 1.807) is 18.2 Å². The number of nitrogens with one attached hydrogen (secondary N) is 1. The maximum absolute atomic E-state index is 12.7. The first-order valence-electron chi connectivity index (χ1n) is 4.81. The van der Waals surface area contributed by atoms with Gasteiger partial charge in [-0.25, -0.2) is 4.39 Å². The van der Waals surface area contributed by atoms with Gasteiger partial charge in [-0.15, -0.1) is 5.10 Å². The van der Waals surface area contributed by atoms with Gasteiger partial charge in [0.15, 0.2) is 5.82 Å². The van der Waals surface area contributed by atoms with Crippen LogP contribution in [-0.4, -0.2) is 15.2 Å². The molecule has 0 atom stereocenters. The summed E-state index contributed by atoms with van der Waals surface area (Å²) in [5.74, 6) is 0.149. The van der Waals surface area contributed by atoms with Crippen molar-refractivity contribution in [3.63, 3.8) is 0 Å². The van der Waals surface area contributed by atoms with Crippen LogP contribution in [-0.2, 0) is 0 Å². The first kappa shape index (κ1) is 11.4. The fraction of sp³-hybridized carbons (Fsp3) is 0. The van der Waals surface area contributed by atoms with Crippen molar-refractivity contribution in [2.75, 3.05) is 5.32 Å². The first-order valence-corrected chi connectivity index (χ1v) is 5.22. The fourth-order valence-corrected chi connectivity index (χ4v) is 1.46. The largest absolute Gasteiger partial charge is 0.389 e. The van der Waals surface area contributed by atoms with Crippen molar-refractivity contribution in [3.05, 3.63) is 47.9 Å². The van der Waals surface area contributed by atoms with Crippen LogP contribution < -0.4 is 11.1 Å². The summed E-state index contributed by atoms with van der Waals surface area (Å²) in [4.78, 5) is 0.226. The van der Waals surface area contributed by atoms with Gasteiger partial charge in [-0.2, -0.15) is 5.10 Å². The van der Waals surface area contributed by atoms with E-state index in [2.05, 4.69) is 15.5 Å². The zero-order chi connectivity index (χ0) is 12.3. The summed E-state index contributed by atoms with van der Waals surface area (Å²) in [6.45, 7) is 0. The molecule has 0 saturated carbocycles. The molecule has 0 bridgehead atoms. The highest BCUT2D eigenvalue weighted by Crippen LogP contribution is 2.17. The molecule has 1 heterocycles. The van der Waals surface area contributed by atoms with Gasteiger partial charge in [0.2, 0.25) is 0 Å². The number of hydrogen-bond acceptors (Lipinski definition) is 4. The molecule has 2 aromatic rings. The maximum Gasteiger partial charge on any atom is 0.163 e. The SMILES string of the molecule is NC(=S)c1ccnnc1Nc1ccc(F)cc1. The molecule has 0 aliphatic rings. The average Bonchev–Trinajstić information content (AvgIpc) is 2.32. The van der Waals surface area contributed by atoms with Crippen LogP contribution in [0.25, 0.3) is 0 Å². The lowest BCUT2D eigenvalue weighted by molar-refractivity contribution is 0.628. The second-order valence-electron chi connectivity index (χ2n) is 3.29. The van der Waals surface area contributed by atoms with Crippen LogP contribution in [0.4, 0.5) is 15.9 Å². The predicted octanol–water partition coefficient (Wildman–Crippen LogP) is 1.99. The lowest BCUT2D eigenvalue weighted by atomic mass is 10.2. The van der Waals surface area contributed by atoms with E-state index in [0.29, 0.717) is 17.1 Å². The smallest absolute Gasteiger partial charge is 0.163 e. The van der Waals surface area contributed by atoms with E-state index in [9.17, 15) is 4.39 Å². The van der Waals surface area contributed by atoms with Gasteiger partial charge in [-0.3, -0.25) is 0 Å². The highest BCUT2D eigenvalue weighted by Gasteiger charge is 2.06. The molecule has 1 aromatic heterocycles. The van der Waals surface area contributed by atoms with Crippen molar-refractivity contribution in [2.45, 2.75) is 0 Å². The maximum atomic E-state index is 12.7. The van der Waals surface area contributed by atoms with E-state index in [4.69, 9.17) is 18.0 Å². The molecule has 86 valence electrons. The van der Waals surface area contributed by atoms with E-state index >= 15 is 0 Å². The van der Waals surface area contributed by atoms with E-state index in [-0.39, 0.29) is 10.8 Å². The summed E-state index contributed by atoms with van der Waals surface area (Å²) in [6.07, 6.45) is 1.50. The molecule has 3 N–H and O–H groups in total. The molecule has 2 rings (SSSR count). The van der Waals surface area contributed by atoms with Crippen LogP contribution in [0.15, 0.2) is 36.5 Å². The molecule has 0 saturated heterocycles. The number of nitrogens with two attached hydrogens (primary N) is 1. The number of anilines is 2. The topological polar surface area (TPSA) is 63.8 Å². The molecule has 0 amide bonds. The van der Waals surface area contributed by atoms with Gasteiger partial charge in [0.1, 0.15) is 10.8 Å². The molecular formula is C11H9FN4S. The minimum atomic E-state index is -0.302. The van der Waals surface area contributed by atoms with Crippen molar-refractivity contribution in [1.29, 1.82) is 0 Å². The Labute approximate surface area is 103 Å². The van der Waals surface area contributed by atoms with Gasteiger partial charge in [-0.1, -0.05) is 12.2 Å². The third-order valence-electron chi connectivity index (χ3n) is 2.09. The van der Waals surface area contributed by atoms with Crippen LogP contribution in [0.3, 0.4) is 0 Å². The van der Waals surface area contributed by atoms with Gasteiger partial charge < -0.3 is 11.1 Å². The Morgan fingerprint density at radius 1 is 1.24 bits per heavy atom. The third-order valence-corrected chi connectivity index (χ3v) is 2.31. The summed E-state index contributed by atoms with van der Waals surface area (Å²) >= 11 is 4.90. The second kappa shape index (κ2) is 4.84. The Bertz CT molecular complexity index is 541. The van der Waals surface area contributed by atoms with E-state index in [0.717, 1.165) is 0 Å². The molecule has 6 heteroatoms. The zero-order valence-corrected chi connectivity index (χ0v) is 9.54. The van der Waals surface area contributed by atoms with Crippen molar-refractivity contribution in [3.8, 4) is 0 Å². The third kappa shape index (κ3) is 2.73. The van der Waals surface area contributed by atoms with Gasteiger partial charge in [0.05, 0.1) is 11.8 Å².